The van der Waals surface area contributed by atoms with Crippen LogP contribution in [0.15, 0.2) is 0 Å². The number of rotatable bonds is 2. The number of nitrogens with one attached hydrogen (secondary N) is 1. The van der Waals surface area contributed by atoms with E-state index >= 15 is 0 Å². The van der Waals surface area contributed by atoms with Crippen molar-refractivity contribution in [2.45, 2.75) is 18.3 Å². The monoisotopic (exact) mass is 257 g/mol. The van der Waals surface area contributed by atoms with E-state index in [1.54, 1.807) is 6.92 Å². The lowest BCUT2D eigenvalue weighted by atomic mass is 10.3. The second kappa shape index (κ2) is 4.63. The average molecular weight is 258 g/mol. The van der Waals surface area contributed by atoms with Crippen LogP contribution in [0.3, 0.4) is 0 Å². The Hall–Kier alpha value is -0.0700. The van der Waals surface area contributed by atoms with E-state index in [0.29, 0.717) is 6.61 Å². The summed E-state index contributed by atoms with van der Waals surface area (Å²) in [5.74, 6) is 0.0232. The minimum absolute atomic E-state index is 0.000953. The molecule has 1 aliphatic heterocycles. The summed E-state index contributed by atoms with van der Waals surface area (Å²) in [6, 6.07) is -0.333. The lowest BCUT2D eigenvalue weighted by Gasteiger charge is -2.15. The van der Waals surface area contributed by atoms with Crippen LogP contribution >= 0.6 is 23.8 Å². The molecule has 1 N–H and O–H groups in total. The van der Waals surface area contributed by atoms with E-state index in [1.807, 2.05) is 0 Å². The first kappa shape index (κ1) is 12.0. The summed E-state index contributed by atoms with van der Waals surface area (Å²) in [5.41, 5.74) is 0. The Morgan fingerprint density at radius 3 is 2.71 bits per heavy atom. The Morgan fingerprint density at radius 2 is 2.29 bits per heavy atom. The van der Waals surface area contributed by atoms with E-state index in [2.05, 4.69) is 5.32 Å². The van der Waals surface area contributed by atoms with Crippen molar-refractivity contribution in [1.82, 2.24) is 5.32 Å². The Morgan fingerprint density at radius 1 is 1.64 bits per heavy atom. The maximum Gasteiger partial charge on any atom is 0.256 e. The molecule has 1 saturated heterocycles. The van der Waals surface area contributed by atoms with E-state index in [1.165, 1.54) is 0 Å². The molecule has 14 heavy (non-hydrogen) atoms. The molecule has 2 unspecified atom stereocenters. The highest BCUT2D eigenvalue weighted by atomic mass is 35.5. The molecule has 0 aliphatic carbocycles. The topological polar surface area (TPSA) is 55.4 Å². The van der Waals surface area contributed by atoms with Crippen LogP contribution in [-0.2, 0) is 14.6 Å². The second-order valence-corrected chi connectivity index (χ2v) is 6.15. The van der Waals surface area contributed by atoms with Crippen molar-refractivity contribution in [3.63, 3.8) is 0 Å². The number of hydrogen-bond donors (Lipinski definition) is 1. The minimum Gasteiger partial charge on any atom is -0.471 e. The largest absolute Gasteiger partial charge is 0.471 e. The SMILES string of the molecule is CCOC(=S)NC1CS(=O)(=O)CC1Cl. The molecule has 0 aromatic carbocycles. The van der Waals surface area contributed by atoms with Gasteiger partial charge in [0, 0.05) is 0 Å². The van der Waals surface area contributed by atoms with Crippen molar-refractivity contribution in [3.8, 4) is 0 Å². The fourth-order valence-electron chi connectivity index (χ4n) is 1.26. The van der Waals surface area contributed by atoms with E-state index in [4.69, 9.17) is 28.6 Å². The third-order valence-electron chi connectivity index (χ3n) is 1.86. The van der Waals surface area contributed by atoms with Gasteiger partial charge in [-0.2, -0.15) is 0 Å². The fourth-order valence-corrected chi connectivity index (χ4v) is 4.08. The molecule has 1 fully saturated rings. The zero-order valence-electron chi connectivity index (χ0n) is 7.70. The van der Waals surface area contributed by atoms with Gasteiger partial charge in [-0.3, -0.25) is 0 Å². The first-order valence-corrected chi connectivity index (χ1v) is 6.89. The summed E-state index contributed by atoms with van der Waals surface area (Å²) in [6.07, 6.45) is 0. The molecule has 1 heterocycles. The van der Waals surface area contributed by atoms with Crippen molar-refractivity contribution >= 4 is 38.8 Å². The van der Waals surface area contributed by atoms with Crippen LogP contribution in [0.4, 0.5) is 0 Å². The highest BCUT2D eigenvalue weighted by Crippen LogP contribution is 2.17. The van der Waals surface area contributed by atoms with E-state index in [0.717, 1.165) is 0 Å². The molecule has 4 nitrogen and oxygen atoms in total. The van der Waals surface area contributed by atoms with Crippen molar-refractivity contribution in [3.05, 3.63) is 0 Å². The van der Waals surface area contributed by atoms with Crippen LogP contribution < -0.4 is 5.32 Å². The summed E-state index contributed by atoms with van der Waals surface area (Å²) >= 11 is 10.7. The normalized spacial score (nSPS) is 29.9. The van der Waals surface area contributed by atoms with E-state index in [-0.39, 0.29) is 22.7 Å². The van der Waals surface area contributed by atoms with Crippen LogP contribution in [0.1, 0.15) is 6.92 Å². The molecule has 0 amide bonds. The summed E-state index contributed by atoms with van der Waals surface area (Å²) in [5, 5.41) is 2.56. The number of hydrogen-bond acceptors (Lipinski definition) is 4. The molecular weight excluding hydrogens is 246 g/mol. The molecule has 82 valence electrons. The quantitative estimate of drug-likeness (QED) is 0.570. The van der Waals surface area contributed by atoms with Crippen LogP contribution in [0.2, 0.25) is 0 Å². The standard InChI is InChI=1S/C7H12ClNO3S2/c1-2-12-7(13)9-6-4-14(10,11)3-5(6)8/h5-6H,2-4H2,1H3,(H,9,13). The molecule has 7 heteroatoms. The lowest BCUT2D eigenvalue weighted by Crippen LogP contribution is -2.40. The van der Waals surface area contributed by atoms with Gasteiger partial charge in [-0.1, -0.05) is 0 Å². The first-order chi connectivity index (χ1) is 6.44. The highest BCUT2D eigenvalue weighted by Gasteiger charge is 2.36. The minimum atomic E-state index is -3.01. The Kier molecular flexibility index (Phi) is 3.97. The molecule has 1 aliphatic rings. The van der Waals surface area contributed by atoms with Gasteiger partial charge in [0.05, 0.1) is 29.5 Å². The third-order valence-corrected chi connectivity index (χ3v) is 4.47. The summed E-state index contributed by atoms with van der Waals surface area (Å²) in [7, 11) is -3.01. The van der Waals surface area contributed by atoms with Gasteiger partial charge in [0.15, 0.2) is 9.84 Å². The molecule has 2 atom stereocenters. The molecule has 0 aromatic rings. The molecule has 0 radical (unpaired) electrons. The summed E-state index contributed by atoms with van der Waals surface area (Å²) < 4.78 is 27.4. The predicted molar refractivity (Wildman–Crippen MR) is 59.4 cm³/mol. The fraction of sp³-hybridized carbons (Fsp3) is 0.857. The predicted octanol–water partition coefficient (Wildman–Crippen LogP) is 0.302. The highest BCUT2D eigenvalue weighted by molar-refractivity contribution is 7.91. The molecule has 0 bridgehead atoms. The molecular formula is C7H12ClNO3S2. The number of sulfone groups is 1. The van der Waals surface area contributed by atoms with Crippen LogP contribution in [0, 0.1) is 0 Å². The first-order valence-electron chi connectivity index (χ1n) is 4.22. The zero-order valence-corrected chi connectivity index (χ0v) is 10.1. The Balaban J connectivity index is 2.51. The van der Waals surface area contributed by atoms with Gasteiger partial charge in [-0.05, 0) is 19.1 Å². The molecule has 1 rings (SSSR count). The van der Waals surface area contributed by atoms with Crippen molar-refractivity contribution < 1.29 is 13.2 Å². The van der Waals surface area contributed by atoms with Gasteiger partial charge in [-0.15, -0.1) is 11.6 Å². The van der Waals surface area contributed by atoms with Crippen molar-refractivity contribution in [2.75, 3.05) is 18.1 Å². The number of thiocarbonyl (C=S) groups is 1. The van der Waals surface area contributed by atoms with Gasteiger partial charge in [0.1, 0.15) is 0 Å². The second-order valence-electron chi connectivity index (χ2n) is 3.06. The van der Waals surface area contributed by atoms with Crippen LogP contribution in [0.25, 0.3) is 0 Å². The van der Waals surface area contributed by atoms with E-state index < -0.39 is 15.2 Å². The van der Waals surface area contributed by atoms with Crippen molar-refractivity contribution in [1.29, 1.82) is 0 Å². The maximum absolute atomic E-state index is 11.2. The van der Waals surface area contributed by atoms with E-state index in [9.17, 15) is 8.42 Å². The number of ether oxygens (including phenoxy) is 1. The van der Waals surface area contributed by atoms with Gasteiger partial charge < -0.3 is 10.1 Å². The average Bonchev–Trinajstić information content (AvgIpc) is 2.25. The lowest BCUT2D eigenvalue weighted by molar-refractivity contribution is 0.316. The summed E-state index contributed by atoms with van der Waals surface area (Å²) in [4.78, 5) is 0. The van der Waals surface area contributed by atoms with Crippen LogP contribution in [0.5, 0.6) is 0 Å². The van der Waals surface area contributed by atoms with Gasteiger partial charge >= 0.3 is 0 Å². The molecule has 0 aromatic heterocycles. The smallest absolute Gasteiger partial charge is 0.256 e. The van der Waals surface area contributed by atoms with Gasteiger partial charge in [0.25, 0.3) is 5.17 Å². The maximum atomic E-state index is 11.2. The Bertz CT molecular complexity index is 317. The Labute approximate surface area is 93.9 Å². The summed E-state index contributed by atoms with van der Waals surface area (Å²) in [6.45, 7) is 2.26. The number of alkyl halides is 1. The third kappa shape index (κ3) is 3.25. The van der Waals surface area contributed by atoms with Crippen molar-refractivity contribution in [2.24, 2.45) is 0 Å². The van der Waals surface area contributed by atoms with Gasteiger partial charge in [0.2, 0.25) is 0 Å². The molecule has 0 spiro atoms. The van der Waals surface area contributed by atoms with Crippen LogP contribution in [-0.4, -0.2) is 43.1 Å². The number of halogens is 1. The molecule has 0 saturated carbocycles. The van der Waals surface area contributed by atoms with Gasteiger partial charge in [-0.25, -0.2) is 8.42 Å². The zero-order chi connectivity index (χ0) is 10.8.